The molecule has 7 heteroatoms. The second-order valence-electron chi connectivity index (χ2n) is 6.71. The predicted octanol–water partition coefficient (Wildman–Crippen LogP) is 5.54. The minimum atomic E-state index is -0.431. The summed E-state index contributed by atoms with van der Waals surface area (Å²) in [6, 6.07) is 19.3. The van der Waals surface area contributed by atoms with Crippen molar-refractivity contribution in [1.82, 2.24) is 9.55 Å². The van der Waals surface area contributed by atoms with Gasteiger partial charge in [0.25, 0.3) is 11.2 Å². The van der Waals surface area contributed by atoms with E-state index in [4.69, 9.17) is 0 Å². The highest BCUT2D eigenvalue weighted by atomic mass is 79.9. The van der Waals surface area contributed by atoms with Gasteiger partial charge in [-0.3, -0.25) is 19.5 Å². The monoisotopic (exact) mass is 461 g/mol. The van der Waals surface area contributed by atoms with E-state index < -0.39 is 4.92 Å². The van der Waals surface area contributed by atoms with Crippen molar-refractivity contribution in [3.05, 3.63) is 109 Å². The first-order chi connectivity index (χ1) is 14.5. The number of nitro benzene ring substituents is 1. The normalized spacial score (nSPS) is 11.3. The van der Waals surface area contributed by atoms with Crippen LogP contribution in [-0.4, -0.2) is 14.5 Å². The number of hydrogen-bond acceptors (Lipinski definition) is 4. The van der Waals surface area contributed by atoms with E-state index in [2.05, 4.69) is 20.9 Å². The van der Waals surface area contributed by atoms with Crippen molar-refractivity contribution in [3.8, 4) is 5.69 Å². The molecular weight excluding hydrogens is 446 g/mol. The Hall–Kier alpha value is -3.58. The molecule has 0 N–H and O–H groups in total. The molecule has 0 fully saturated rings. The van der Waals surface area contributed by atoms with E-state index >= 15 is 0 Å². The van der Waals surface area contributed by atoms with Crippen molar-refractivity contribution in [2.45, 2.75) is 6.92 Å². The standard InChI is InChI=1S/C23H16BrN3O3/c1-15-6-2-4-8-20(15)26-22(13-10-16-7-3-5-9-21(16)27(29)30)25-19-12-11-17(24)14-18(19)23(26)28/h2-14H,1H3. The van der Waals surface area contributed by atoms with Crippen LogP contribution in [0.2, 0.25) is 0 Å². The van der Waals surface area contributed by atoms with Crippen molar-refractivity contribution in [1.29, 1.82) is 0 Å². The zero-order chi connectivity index (χ0) is 21.3. The van der Waals surface area contributed by atoms with Crippen LogP contribution < -0.4 is 5.56 Å². The fourth-order valence-corrected chi connectivity index (χ4v) is 3.65. The lowest BCUT2D eigenvalue weighted by Crippen LogP contribution is -2.23. The first-order valence-corrected chi connectivity index (χ1v) is 9.95. The van der Waals surface area contributed by atoms with Crippen LogP contribution in [0.5, 0.6) is 0 Å². The molecule has 1 aromatic heterocycles. The molecule has 0 saturated carbocycles. The number of halogens is 1. The van der Waals surface area contributed by atoms with Crippen LogP contribution in [-0.2, 0) is 0 Å². The number of fused-ring (bicyclic) bond motifs is 1. The molecule has 0 bridgehead atoms. The van der Waals surface area contributed by atoms with E-state index in [1.807, 2.05) is 37.3 Å². The summed E-state index contributed by atoms with van der Waals surface area (Å²) in [5, 5.41) is 11.8. The fraction of sp³-hybridized carbons (Fsp3) is 0.0435. The number of rotatable bonds is 4. The van der Waals surface area contributed by atoms with Gasteiger partial charge in [0.15, 0.2) is 0 Å². The molecule has 3 aromatic carbocycles. The van der Waals surface area contributed by atoms with Gasteiger partial charge in [0.1, 0.15) is 5.82 Å². The summed E-state index contributed by atoms with van der Waals surface area (Å²) in [4.78, 5) is 29.0. The van der Waals surface area contributed by atoms with E-state index in [0.717, 1.165) is 10.0 Å². The highest BCUT2D eigenvalue weighted by molar-refractivity contribution is 9.10. The van der Waals surface area contributed by atoms with Gasteiger partial charge in [-0.05, 0) is 55.0 Å². The fourth-order valence-electron chi connectivity index (χ4n) is 3.29. The minimum absolute atomic E-state index is 0.0109. The Kier molecular flexibility index (Phi) is 5.29. The third-order valence-corrected chi connectivity index (χ3v) is 5.25. The van der Waals surface area contributed by atoms with Gasteiger partial charge in [0, 0.05) is 10.5 Å². The van der Waals surface area contributed by atoms with Gasteiger partial charge in [-0.1, -0.05) is 46.3 Å². The van der Waals surface area contributed by atoms with Gasteiger partial charge >= 0.3 is 0 Å². The van der Waals surface area contributed by atoms with Crippen LogP contribution in [0.1, 0.15) is 17.0 Å². The molecule has 0 aliphatic heterocycles. The molecule has 0 aliphatic carbocycles. The second-order valence-corrected chi connectivity index (χ2v) is 7.62. The van der Waals surface area contributed by atoms with E-state index in [9.17, 15) is 14.9 Å². The molecule has 4 rings (SSSR count). The van der Waals surface area contributed by atoms with Gasteiger partial charge in [-0.2, -0.15) is 0 Å². The van der Waals surface area contributed by atoms with Crippen molar-refractivity contribution in [2.24, 2.45) is 0 Å². The average molecular weight is 462 g/mol. The SMILES string of the molecule is Cc1ccccc1-n1c(C=Cc2ccccc2[N+](=O)[O-])nc2ccc(Br)cc2c1=O. The summed E-state index contributed by atoms with van der Waals surface area (Å²) in [7, 11) is 0. The summed E-state index contributed by atoms with van der Waals surface area (Å²) in [6.07, 6.45) is 3.25. The van der Waals surface area contributed by atoms with Gasteiger partial charge in [-0.15, -0.1) is 0 Å². The zero-order valence-corrected chi connectivity index (χ0v) is 17.5. The average Bonchev–Trinajstić information content (AvgIpc) is 2.74. The maximum absolute atomic E-state index is 13.4. The molecule has 0 aliphatic rings. The lowest BCUT2D eigenvalue weighted by molar-refractivity contribution is -0.385. The van der Waals surface area contributed by atoms with Crippen molar-refractivity contribution < 1.29 is 4.92 Å². The number of para-hydroxylation sites is 2. The Bertz CT molecular complexity index is 1380. The summed E-state index contributed by atoms with van der Waals surface area (Å²) in [5.74, 6) is 0.391. The molecule has 0 spiro atoms. The molecule has 4 aromatic rings. The summed E-state index contributed by atoms with van der Waals surface area (Å²) in [5.41, 5.74) is 2.38. The number of aromatic nitrogens is 2. The molecule has 6 nitrogen and oxygen atoms in total. The third kappa shape index (κ3) is 3.67. The number of nitro groups is 1. The first-order valence-electron chi connectivity index (χ1n) is 9.15. The molecule has 0 atom stereocenters. The number of nitrogens with zero attached hydrogens (tertiary/aromatic N) is 3. The quantitative estimate of drug-likeness (QED) is 0.295. The van der Waals surface area contributed by atoms with Crippen LogP contribution in [0, 0.1) is 17.0 Å². The van der Waals surface area contributed by atoms with E-state index in [0.29, 0.717) is 28.0 Å². The number of hydrogen-bond donors (Lipinski definition) is 0. The van der Waals surface area contributed by atoms with Gasteiger partial charge in [0.2, 0.25) is 0 Å². The maximum Gasteiger partial charge on any atom is 0.276 e. The Morgan fingerprint density at radius 2 is 1.77 bits per heavy atom. The predicted molar refractivity (Wildman–Crippen MR) is 122 cm³/mol. The topological polar surface area (TPSA) is 78.0 Å². The Labute approximate surface area is 180 Å². The van der Waals surface area contributed by atoms with Crippen LogP contribution in [0.15, 0.2) is 76.0 Å². The van der Waals surface area contributed by atoms with Crippen LogP contribution >= 0.6 is 15.9 Å². The Morgan fingerprint density at radius 1 is 1.03 bits per heavy atom. The summed E-state index contributed by atoms with van der Waals surface area (Å²) in [6.45, 7) is 1.92. The van der Waals surface area contributed by atoms with E-state index in [-0.39, 0.29) is 11.2 Å². The van der Waals surface area contributed by atoms with Crippen molar-refractivity contribution in [2.75, 3.05) is 0 Å². The third-order valence-electron chi connectivity index (χ3n) is 4.76. The largest absolute Gasteiger partial charge is 0.276 e. The first kappa shape index (κ1) is 19.7. The van der Waals surface area contributed by atoms with Gasteiger partial charge in [-0.25, -0.2) is 4.98 Å². The molecule has 30 heavy (non-hydrogen) atoms. The van der Waals surface area contributed by atoms with Crippen LogP contribution in [0.25, 0.3) is 28.7 Å². The zero-order valence-electron chi connectivity index (χ0n) is 15.9. The Morgan fingerprint density at radius 3 is 2.53 bits per heavy atom. The molecule has 0 saturated heterocycles. The lowest BCUT2D eigenvalue weighted by Gasteiger charge is -2.13. The molecule has 1 heterocycles. The minimum Gasteiger partial charge on any atom is -0.268 e. The van der Waals surface area contributed by atoms with Crippen LogP contribution in [0.4, 0.5) is 5.69 Å². The molecule has 0 radical (unpaired) electrons. The lowest BCUT2D eigenvalue weighted by atomic mass is 10.1. The number of aryl methyl sites for hydroxylation is 1. The Balaban J connectivity index is 1.99. The smallest absolute Gasteiger partial charge is 0.268 e. The maximum atomic E-state index is 13.4. The van der Waals surface area contributed by atoms with E-state index in [1.54, 1.807) is 42.5 Å². The highest BCUT2D eigenvalue weighted by Gasteiger charge is 2.14. The van der Waals surface area contributed by atoms with E-state index in [1.165, 1.54) is 10.6 Å². The highest BCUT2D eigenvalue weighted by Crippen LogP contribution is 2.23. The summed E-state index contributed by atoms with van der Waals surface area (Å²) >= 11 is 3.41. The van der Waals surface area contributed by atoms with Gasteiger partial charge < -0.3 is 0 Å². The molecular formula is C23H16BrN3O3. The molecule has 148 valence electrons. The van der Waals surface area contributed by atoms with Gasteiger partial charge in [0.05, 0.1) is 27.1 Å². The number of benzene rings is 3. The molecule has 0 amide bonds. The van der Waals surface area contributed by atoms with Crippen molar-refractivity contribution in [3.63, 3.8) is 0 Å². The van der Waals surface area contributed by atoms with Crippen LogP contribution in [0.3, 0.4) is 0 Å². The second kappa shape index (κ2) is 8.04. The summed E-state index contributed by atoms with van der Waals surface area (Å²) < 4.78 is 2.32. The van der Waals surface area contributed by atoms with Crippen molar-refractivity contribution >= 4 is 44.7 Å². The molecule has 0 unspecified atom stereocenters.